The Balaban J connectivity index is 2.05. The molecule has 3 heteroatoms. The van der Waals surface area contributed by atoms with Gasteiger partial charge in [-0.3, -0.25) is 0 Å². The summed E-state index contributed by atoms with van der Waals surface area (Å²) in [5.41, 5.74) is 17.3. The second-order valence-electron chi connectivity index (χ2n) is 5.74. The van der Waals surface area contributed by atoms with Crippen LogP contribution < -0.4 is 11.5 Å². The SMILES string of the molecule is Cc1ccc(-c2cc(C3CCCC3)c(N)c(N)n2)cc1. The summed E-state index contributed by atoms with van der Waals surface area (Å²) >= 11 is 0. The van der Waals surface area contributed by atoms with Gasteiger partial charge in [-0.05, 0) is 37.3 Å². The van der Waals surface area contributed by atoms with Crippen molar-refractivity contribution in [2.45, 2.75) is 38.5 Å². The molecule has 3 rings (SSSR count). The Hall–Kier alpha value is -2.03. The molecule has 0 radical (unpaired) electrons. The van der Waals surface area contributed by atoms with Gasteiger partial charge in [-0.15, -0.1) is 0 Å². The lowest BCUT2D eigenvalue weighted by molar-refractivity contribution is 0.725. The molecule has 4 N–H and O–H groups in total. The molecule has 0 aliphatic heterocycles. The lowest BCUT2D eigenvalue weighted by Crippen LogP contribution is -2.06. The van der Waals surface area contributed by atoms with Gasteiger partial charge in [-0.2, -0.15) is 0 Å². The van der Waals surface area contributed by atoms with Crippen LogP contribution in [-0.2, 0) is 0 Å². The molecule has 0 atom stereocenters. The van der Waals surface area contributed by atoms with Crippen LogP contribution in [0.4, 0.5) is 11.5 Å². The van der Waals surface area contributed by atoms with Crippen LogP contribution in [-0.4, -0.2) is 4.98 Å². The fourth-order valence-electron chi connectivity index (χ4n) is 3.04. The largest absolute Gasteiger partial charge is 0.396 e. The maximum Gasteiger partial charge on any atom is 0.147 e. The molecular weight excluding hydrogens is 246 g/mol. The standard InChI is InChI=1S/C17H21N3/c1-11-6-8-13(9-7-11)15-10-14(12-4-2-3-5-12)16(18)17(19)20-15/h6-10,12H,2-5,18H2,1H3,(H2,19,20). The Kier molecular flexibility index (Phi) is 3.35. The predicted octanol–water partition coefficient (Wildman–Crippen LogP) is 3.88. The molecule has 1 aliphatic rings. The number of aryl methyl sites for hydroxylation is 1. The number of aromatic nitrogens is 1. The number of hydrogen-bond acceptors (Lipinski definition) is 3. The van der Waals surface area contributed by atoms with E-state index in [-0.39, 0.29) is 0 Å². The monoisotopic (exact) mass is 267 g/mol. The highest BCUT2D eigenvalue weighted by Gasteiger charge is 2.21. The maximum atomic E-state index is 6.15. The molecule has 1 fully saturated rings. The molecule has 104 valence electrons. The summed E-state index contributed by atoms with van der Waals surface area (Å²) in [6.07, 6.45) is 4.99. The molecule has 0 saturated heterocycles. The Morgan fingerprint density at radius 1 is 1.05 bits per heavy atom. The number of nitrogen functional groups attached to an aromatic ring is 2. The number of benzene rings is 1. The van der Waals surface area contributed by atoms with E-state index in [1.807, 2.05) is 0 Å². The van der Waals surface area contributed by atoms with Crippen LogP contribution in [0, 0.1) is 6.92 Å². The van der Waals surface area contributed by atoms with Gasteiger partial charge in [0.2, 0.25) is 0 Å². The van der Waals surface area contributed by atoms with Crippen molar-refractivity contribution in [2.24, 2.45) is 0 Å². The lowest BCUT2D eigenvalue weighted by Gasteiger charge is -2.16. The van der Waals surface area contributed by atoms with Crippen LogP contribution in [0.3, 0.4) is 0 Å². The number of rotatable bonds is 2. The Labute approximate surface area is 120 Å². The molecule has 1 saturated carbocycles. The van der Waals surface area contributed by atoms with Crippen LogP contribution in [0.15, 0.2) is 30.3 Å². The summed E-state index contributed by atoms with van der Waals surface area (Å²) in [6.45, 7) is 2.08. The zero-order chi connectivity index (χ0) is 14.1. The van der Waals surface area contributed by atoms with Crippen molar-refractivity contribution in [1.82, 2.24) is 4.98 Å². The van der Waals surface area contributed by atoms with Crippen LogP contribution in [0.25, 0.3) is 11.3 Å². The van der Waals surface area contributed by atoms with E-state index in [1.54, 1.807) is 0 Å². The second-order valence-corrected chi connectivity index (χ2v) is 5.74. The first-order chi connectivity index (χ1) is 9.65. The topological polar surface area (TPSA) is 64.9 Å². The van der Waals surface area contributed by atoms with Crippen LogP contribution in [0.2, 0.25) is 0 Å². The van der Waals surface area contributed by atoms with E-state index in [1.165, 1.54) is 36.8 Å². The first-order valence-corrected chi connectivity index (χ1v) is 7.28. The summed E-state index contributed by atoms with van der Waals surface area (Å²) in [6, 6.07) is 10.5. The number of hydrogen-bond donors (Lipinski definition) is 2. The van der Waals surface area contributed by atoms with E-state index < -0.39 is 0 Å². The van der Waals surface area contributed by atoms with Crippen molar-refractivity contribution >= 4 is 11.5 Å². The lowest BCUT2D eigenvalue weighted by atomic mass is 9.94. The van der Waals surface area contributed by atoms with Gasteiger partial charge in [0.05, 0.1) is 11.4 Å². The summed E-state index contributed by atoms with van der Waals surface area (Å²) in [5.74, 6) is 1.01. The fraction of sp³-hybridized carbons (Fsp3) is 0.353. The van der Waals surface area contributed by atoms with E-state index in [9.17, 15) is 0 Å². The molecule has 1 heterocycles. The molecule has 1 aromatic carbocycles. The molecule has 0 amide bonds. The second kappa shape index (κ2) is 5.16. The molecular formula is C17H21N3. The van der Waals surface area contributed by atoms with Gasteiger partial charge in [0.1, 0.15) is 5.82 Å². The highest BCUT2D eigenvalue weighted by atomic mass is 14.9. The van der Waals surface area contributed by atoms with Crippen LogP contribution in [0.5, 0.6) is 0 Å². The Bertz CT molecular complexity index is 611. The van der Waals surface area contributed by atoms with Crippen LogP contribution in [0.1, 0.15) is 42.7 Å². The first kappa shape index (κ1) is 13.0. The summed E-state index contributed by atoms with van der Waals surface area (Å²) in [7, 11) is 0. The van der Waals surface area contributed by atoms with Gasteiger partial charge < -0.3 is 11.5 Å². The summed E-state index contributed by atoms with van der Waals surface area (Å²) in [4.78, 5) is 4.46. The number of pyridine rings is 1. The zero-order valence-electron chi connectivity index (χ0n) is 11.9. The molecule has 1 aliphatic carbocycles. The molecule has 3 nitrogen and oxygen atoms in total. The van der Waals surface area contributed by atoms with Gasteiger partial charge in [0.15, 0.2) is 0 Å². The minimum atomic E-state index is 0.463. The predicted molar refractivity (Wildman–Crippen MR) is 84.4 cm³/mol. The average molecular weight is 267 g/mol. The van der Waals surface area contributed by atoms with E-state index in [2.05, 4.69) is 42.2 Å². The Morgan fingerprint density at radius 2 is 1.70 bits per heavy atom. The molecule has 0 unspecified atom stereocenters. The van der Waals surface area contributed by atoms with E-state index in [0.29, 0.717) is 17.4 Å². The van der Waals surface area contributed by atoms with Crippen molar-refractivity contribution < 1.29 is 0 Å². The normalized spacial score (nSPS) is 15.7. The molecule has 1 aromatic heterocycles. The molecule has 0 bridgehead atoms. The van der Waals surface area contributed by atoms with Crippen molar-refractivity contribution in [3.63, 3.8) is 0 Å². The zero-order valence-corrected chi connectivity index (χ0v) is 11.9. The minimum Gasteiger partial charge on any atom is -0.396 e. The van der Waals surface area contributed by atoms with E-state index in [0.717, 1.165) is 11.3 Å². The number of nitrogens with zero attached hydrogens (tertiary/aromatic N) is 1. The van der Waals surface area contributed by atoms with E-state index in [4.69, 9.17) is 11.5 Å². The fourth-order valence-corrected chi connectivity index (χ4v) is 3.04. The third kappa shape index (κ3) is 2.36. The van der Waals surface area contributed by atoms with Crippen molar-refractivity contribution in [3.05, 3.63) is 41.5 Å². The van der Waals surface area contributed by atoms with Gasteiger partial charge >= 0.3 is 0 Å². The average Bonchev–Trinajstić information content (AvgIpc) is 2.96. The third-order valence-corrected chi connectivity index (χ3v) is 4.26. The quantitative estimate of drug-likeness (QED) is 0.867. The van der Waals surface area contributed by atoms with E-state index >= 15 is 0 Å². The van der Waals surface area contributed by atoms with Crippen molar-refractivity contribution in [2.75, 3.05) is 11.5 Å². The smallest absolute Gasteiger partial charge is 0.147 e. The van der Waals surface area contributed by atoms with Crippen molar-refractivity contribution in [3.8, 4) is 11.3 Å². The van der Waals surface area contributed by atoms with Gasteiger partial charge in [0, 0.05) is 5.56 Å². The first-order valence-electron chi connectivity index (χ1n) is 7.28. The number of anilines is 2. The molecule has 20 heavy (non-hydrogen) atoms. The molecule has 2 aromatic rings. The summed E-state index contributed by atoms with van der Waals surface area (Å²) in [5, 5.41) is 0. The third-order valence-electron chi connectivity index (χ3n) is 4.26. The van der Waals surface area contributed by atoms with Crippen molar-refractivity contribution in [1.29, 1.82) is 0 Å². The Morgan fingerprint density at radius 3 is 2.35 bits per heavy atom. The van der Waals surface area contributed by atoms with Gasteiger partial charge in [0.25, 0.3) is 0 Å². The highest BCUT2D eigenvalue weighted by molar-refractivity contribution is 5.72. The minimum absolute atomic E-state index is 0.463. The van der Waals surface area contributed by atoms with Crippen LogP contribution >= 0.6 is 0 Å². The highest BCUT2D eigenvalue weighted by Crippen LogP contribution is 2.39. The summed E-state index contributed by atoms with van der Waals surface area (Å²) < 4.78 is 0. The van der Waals surface area contributed by atoms with Gasteiger partial charge in [-0.1, -0.05) is 42.7 Å². The van der Waals surface area contributed by atoms with Gasteiger partial charge in [-0.25, -0.2) is 4.98 Å². The number of nitrogens with two attached hydrogens (primary N) is 2. The maximum absolute atomic E-state index is 6.15. The molecule has 0 spiro atoms.